The summed E-state index contributed by atoms with van der Waals surface area (Å²) >= 11 is 0. The predicted octanol–water partition coefficient (Wildman–Crippen LogP) is 3.87. The van der Waals surface area contributed by atoms with E-state index in [1.807, 2.05) is 0 Å². The van der Waals surface area contributed by atoms with Crippen LogP contribution in [0.15, 0.2) is 18.2 Å². The molecule has 0 N–H and O–H groups in total. The van der Waals surface area contributed by atoms with Gasteiger partial charge in [0.05, 0.1) is 0 Å². The normalized spacial score (nSPS) is 11.3. The molecule has 0 bridgehead atoms. The predicted molar refractivity (Wildman–Crippen MR) is 84.9 cm³/mol. The lowest BCUT2D eigenvalue weighted by atomic mass is 10.0. The van der Waals surface area contributed by atoms with Crippen molar-refractivity contribution in [1.29, 1.82) is 0 Å². The maximum Gasteiger partial charge on any atom is 0.483 e. The first-order valence-corrected chi connectivity index (χ1v) is 9.19. The van der Waals surface area contributed by atoms with Crippen LogP contribution < -0.4 is 0 Å². The van der Waals surface area contributed by atoms with Crippen LogP contribution in [0, 0.1) is 11.6 Å². The van der Waals surface area contributed by atoms with Gasteiger partial charge in [0, 0.05) is 26.9 Å². The van der Waals surface area contributed by atoms with Crippen molar-refractivity contribution in [2.24, 2.45) is 0 Å². The van der Waals surface area contributed by atoms with E-state index in [0.717, 1.165) is 56.6 Å². The van der Waals surface area contributed by atoms with Gasteiger partial charge in [-0.1, -0.05) is 25.7 Å². The van der Waals surface area contributed by atoms with Crippen LogP contribution in [-0.2, 0) is 19.7 Å². The number of aryl methyl sites for hydroxylation is 1. The Morgan fingerprint density at radius 2 is 1.36 bits per heavy atom. The van der Waals surface area contributed by atoms with Crippen molar-refractivity contribution in [3.8, 4) is 0 Å². The Morgan fingerprint density at radius 1 is 0.818 bits per heavy atom. The van der Waals surface area contributed by atoms with Gasteiger partial charge in [-0.15, -0.1) is 0 Å². The van der Waals surface area contributed by atoms with E-state index in [4.69, 9.17) is 13.3 Å². The van der Waals surface area contributed by atoms with Crippen LogP contribution in [-0.4, -0.2) is 30.4 Å². The van der Waals surface area contributed by atoms with Crippen molar-refractivity contribution in [3.05, 3.63) is 35.4 Å². The van der Waals surface area contributed by atoms with Crippen molar-refractivity contribution in [1.82, 2.24) is 0 Å². The highest BCUT2D eigenvalue weighted by molar-refractivity contribution is 6.36. The number of halogens is 2. The molecule has 0 radical (unpaired) electrons. The average Bonchev–Trinajstić information content (AvgIpc) is 2.48. The molecular formula is C16H26F2O3Si. The Morgan fingerprint density at radius 3 is 1.95 bits per heavy atom. The molecule has 0 amide bonds. The molecule has 0 fully saturated rings. The second kappa shape index (κ2) is 11.7. The molecule has 0 unspecified atom stereocenters. The van der Waals surface area contributed by atoms with E-state index in [2.05, 4.69) is 0 Å². The van der Waals surface area contributed by atoms with E-state index in [1.54, 1.807) is 14.2 Å². The maximum absolute atomic E-state index is 13.0. The lowest BCUT2D eigenvalue weighted by Gasteiger charge is -2.11. The Balaban J connectivity index is 1.97. The lowest BCUT2D eigenvalue weighted by Crippen LogP contribution is -2.24. The largest absolute Gasteiger partial charge is 0.483 e. The number of unbranched alkanes of at least 4 members (excludes halogenated alkanes) is 5. The molecule has 0 atom stereocenters. The first-order chi connectivity index (χ1) is 10.7. The summed E-state index contributed by atoms with van der Waals surface area (Å²) in [5.74, 6) is -0.993. The van der Waals surface area contributed by atoms with Gasteiger partial charge in [0.1, 0.15) is 11.6 Å². The molecule has 0 aliphatic heterocycles. The van der Waals surface area contributed by atoms with Gasteiger partial charge in [-0.05, 0) is 37.0 Å². The fraction of sp³-hybridized carbons (Fsp3) is 0.625. The summed E-state index contributed by atoms with van der Waals surface area (Å²) in [5.41, 5.74) is 0.737. The Labute approximate surface area is 133 Å². The highest BCUT2D eigenvalue weighted by Crippen LogP contribution is 2.13. The summed E-state index contributed by atoms with van der Waals surface area (Å²) in [5, 5.41) is 0. The monoisotopic (exact) mass is 332 g/mol. The lowest BCUT2D eigenvalue weighted by molar-refractivity contribution is 0.133. The second-order valence-corrected chi connectivity index (χ2v) is 7.13. The maximum atomic E-state index is 13.0. The Kier molecular flexibility index (Phi) is 10.2. The van der Waals surface area contributed by atoms with Gasteiger partial charge < -0.3 is 13.3 Å². The quantitative estimate of drug-likeness (QED) is 0.429. The molecule has 22 heavy (non-hydrogen) atoms. The fourth-order valence-corrected chi connectivity index (χ4v) is 3.13. The minimum Gasteiger partial charge on any atom is -0.379 e. The van der Waals surface area contributed by atoms with Gasteiger partial charge in [-0.3, -0.25) is 0 Å². The van der Waals surface area contributed by atoms with Crippen molar-refractivity contribution in [2.75, 3.05) is 20.8 Å². The zero-order valence-corrected chi connectivity index (χ0v) is 14.6. The minimum atomic E-state index is -1.87. The number of hydrogen-bond acceptors (Lipinski definition) is 3. The van der Waals surface area contributed by atoms with Crippen LogP contribution in [0.2, 0.25) is 0 Å². The van der Waals surface area contributed by atoms with E-state index in [0.29, 0.717) is 6.61 Å². The van der Waals surface area contributed by atoms with Crippen LogP contribution in [0.3, 0.4) is 0 Å². The average molecular weight is 332 g/mol. The molecule has 1 aromatic carbocycles. The zero-order valence-electron chi connectivity index (χ0n) is 13.4. The molecule has 0 aromatic heterocycles. The van der Waals surface area contributed by atoms with E-state index < -0.39 is 21.2 Å². The summed E-state index contributed by atoms with van der Waals surface area (Å²) in [7, 11) is 1.34. The first-order valence-electron chi connectivity index (χ1n) is 7.78. The smallest absolute Gasteiger partial charge is 0.379 e. The van der Waals surface area contributed by atoms with E-state index >= 15 is 0 Å². The molecule has 6 heteroatoms. The van der Waals surface area contributed by atoms with Gasteiger partial charge in [-0.25, -0.2) is 8.78 Å². The zero-order chi connectivity index (χ0) is 16.2. The van der Waals surface area contributed by atoms with Crippen LogP contribution in [0.5, 0.6) is 0 Å². The molecule has 126 valence electrons. The molecule has 0 aliphatic carbocycles. The van der Waals surface area contributed by atoms with Crippen molar-refractivity contribution >= 4 is 9.53 Å². The molecule has 0 spiro atoms. The Hall–Kier alpha value is -0.823. The topological polar surface area (TPSA) is 27.7 Å². The molecule has 1 aromatic rings. The molecule has 0 heterocycles. The third-order valence-electron chi connectivity index (χ3n) is 3.42. The molecule has 0 saturated heterocycles. The first kappa shape index (κ1) is 19.2. The minimum absolute atomic E-state index is 0.496. The van der Waals surface area contributed by atoms with Gasteiger partial charge in [-0.2, -0.15) is 0 Å². The van der Waals surface area contributed by atoms with Gasteiger partial charge in [0.25, 0.3) is 0 Å². The van der Waals surface area contributed by atoms with Crippen LogP contribution in [0.4, 0.5) is 8.78 Å². The van der Waals surface area contributed by atoms with Crippen molar-refractivity contribution < 1.29 is 22.1 Å². The highest BCUT2D eigenvalue weighted by atomic mass is 28.3. The molecule has 0 saturated carbocycles. The standard InChI is InChI=1S/C16H26F2O3Si/c1-19-22(20-2)21-10-8-6-4-3-5-7-9-14-11-15(17)13-16(18)12-14/h11-13,22H,3-10H2,1-2H3. The highest BCUT2D eigenvalue weighted by Gasteiger charge is 2.09. The van der Waals surface area contributed by atoms with Crippen LogP contribution in [0.1, 0.15) is 44.1 Å². The van der Waals surface area contributed by atoms with E-state index in [1.165, 1.54) is 12.1 Å². The second-order valence-electron chi connectivity index (χ2n) is 5.28. The fourth-order valence-electron chi connectivity index (χ4n) is 2.31. The third kappa shape index (κ3) is 8.58. The summed E-state index contributed by atoms with van der Waals surface area (Å²) in [4.78, 5) is 0. The van der Waals surface area contributed by atoms with Crippen molar-refractivity contribution in [3.63, 3.8) is 0 Å². The molecule has 3 nitrogen and oxygen atoms in total. The van der Waals surface area contributed by atoms with E-state index in [-0.39, 0.29) is 0 Å². The summed E-state index contributed by atoms with van der Waals surface area (Å²) in [6.45, 7) is 0.682. The summed E-state index contributed by atoms with van der Waals surface area (Å²) in [6.07, 6.45) is 7.16. The SMILES string of the molecule is CO[SiH](OC)OCCCCCCCCc1cc(F)cc(F)c1. The van der Waals surface area contributed by atoms with Crippen LogP contribution >= 0.6 is 0 Å². The van der Waals surface area contributed by atoms with Gasteiger partial charge in [0.15, 0.2) is 0 Å². The third-order valence-corrected chi connectivity index (χ3v) is 4.70. The molecule has 0 aliphatic rings. The van der Waals surface area contributed by atoms with Crippen LogP contribution in [0.25, 0.3) is 0 Å². The Bertz CT molecular complexity index is 394. The van der Waals surface area contributed by atoms with Gasteiger partial charge in [0.2, 0.25) is 0 Å². The van der Waals surface area contributed by atoms with Gasteiger partial charge >= 0.3 is 9.53 Å². The summed E-state index contributed by atoms with van der Waals surface area (Å²) in [6, 6.07) is 3.73. The summed E-state index contributed by atoms with van der Waals surface area (Å²) < 4.78 is 41.6. The van der Waals surface area contributed by atoms with E-state index in [9.17, 15) is 8.78 Å². The number of hydrogen-bond donors (Lipinski definition) is 0. The van der Waals surface area contributed by atoms with Crippen molar-refractivity contribution in [2.45, 2.75) is 44.9 Å². The number of rotatable bonds is 12. The molecule has 1 rings (SSSR count). The number of benzene rings is 1. The molecular weight excluding hydrogens is 306 g/mol.